The monoisotopic (exact) mass is 420 g/mol. The van der Waals surface area contributed by atoms with Gasteiger partial charge >= 0.3 is 0 Å². The van der Waals surface area contributed by atoms with Gasteiger partial charge in [-0.15, -0.1) is 5.10 Å². The van der Waals surface area contributed by atoms with Gasteiger partial charge < -0.3 is 14.7 Å². The van der Waals surface area contributed by atoms with Crippen molar-refractivity contribution in [3.8, 4) is 0 Å². The van der Waals surface area contributed by atoms with Crippen LogP contribution in [0.1, 0.15) is 17.3 Å². The second-order valence-electron chi connectivity index (χ2n) is 8.10. The molecule has 4 heterocycles. The van der Waals surface area contributed by atoms with Crippen LogP contribution in [0.5, 0.6) is 0 Å². The van der Waals surface area contributed by atoms with Crippen LogP contribution in [0.15, 0.2) is 30.6 Å². The Kier molecular flexibility index (Phi) is 4.76. The van der Waals surface area contributed by atoms with Crippen LogP contribution in [-0.2, 0) is 11.8 Å². The lowest BCUT2D eigenvalue weighted by Crippen LogP contribution is -2.58. The standard InChI is InChI=1S/C21H24N8O2/c1-14(30)15-3-5-17(6-4-15)27-7-9-28(10-8-27)21(31)16-11-29(12-16)20-18-19(22-13-23-20)26(2)25-24-18/h3-6,13,16H,7-12H2,1-2H3. The van der Waals surface area contributed by atoms with Gasteiger partial charge in [0.25, 0.3) is 0 Å². The summed E-state index contributed by atoms with van der Waals surface area (Å²) in [6, 6.07) is 7.68. The van der Waals surface area contributed by atoms with Crippen molar-refractivity contribution in [3.05, 3.63) is 36.2 Å². The first kappa shape index (κ1) is 19.4. The summed E-state index contributed by atoms with van der Waals surface area (Å²) >= 11 is 0. The minimum Gasteiger partial charge on any atom is -0.368 e. The second-order valence-corrected chi connectivity index (χ2v) is 8.10. The highest BCUT2D eigenvalue weighted by molar-refractivity contribution is 5.94. The van der Waals surface area contributed by atoms with E-state index in [0.717, 1.165) is 30.2 Å². The van der Waals surface area contributed by atoms with E-state index in [-0.39, 0.29) is 17.6 Å². The summed E-state index contributed by atoms with van der Waals surface area (Å²) in [4.78, 5) is 39.3. The van der Waals surface area contributed by atoms with E-state index in [1.807, 2.05) is 29.2 Å². The van der Waals surface area contributed by atoms with Crippen molar-refractivity contribution in [1.29, 1.82) is 0 Å². The van der Waals surface area contributed by atoms with Gasteiger partial charge in [-0.1, -0.05) is 5.21 Å². The zero-order chi connectivity index (χ0) is 21.5. The molecule has 160 valence electrons. The van der Waals surface area contributed by atoms with E-state index in [4.69, 9.17) is 0 Å². The molecule has 31 heavy (non-hydrogen) atoms. The van der Waals surface area contributed by atoms with Crippen LogP contribution in [0.3, 0.4) is 0 Å². The van der Waals surface area contributed by atoms with Crippen LogP contribution < -0.4 is 9.80 Å². The molecule has 0 aliphatic carbocycles. The molecule has 0 radical (unpaired) electrons. The second kappa shape index (κ2) is 7.60. The Hall–Kier alpha value is -3.56. The molecule has 10 heteroatoms. The molecular weight excluding hydrogens is 396 g/mol. The fourth-order valence-corrected chi connectivity index (χ4v) is 4.23. The average molecular weight is 420 g/mol. The van der Waals surface area contributed by atoms with Gasteiger partial charge in [-0.25, -0.2) is 14.6 Å². The normalized spacial score (nSPS) is 17.2. The third-order valence-corrected chi connectivity index (χ3v) is 6.13. The zero-order valence-corrected chi connectivity index (χ0v) is 17.6. The van der Waals surface area contributed by atoms with E-state index in [1.165, 1.54) is 6.33 Å². The van der Waals surface area contributed by atoms with Crippen molar-refractivity contribution >= 4 is 34.4 Å². The van der Waals surface area contributed by atoms with Crippen molar-refractivity contribution in [1.82, 2.24) is 29.9 Å². The molecular formula is C21H24N8O2. The summed E-state index contributed by atoms with van der Waals surface area (Å²) in [6.45, 7) is 5.81. The topological polar surface area (TPSA) is 100 Å². The van der Waals surface area contributed by atoms with E-state index in [9.17, 15) is 9.59 Å². The number of fused-ring (bicyclic) bond motifs is 1. The molecule has 0 unspecified atom stereocenters. The van der Waals surface area contributed by atoms with E-state index in [2.05, 4.69) is 30.1 Å². The molecule has 0 N–H and O–H groups in total. The molecule has 0 bridgehead atoms. The quantitative estimate of drug-likeness (QED) is 0.570. The van der Waals surface area contributed by atoms with Crippen molar-refractivity contribution in [2.45, 2.75) is 6.92 Å². The maximum Gasteiger partial charge on any atom is 0.229 e. The predicted octanol–water partition coefficient (Wildman–Crippen LogP) is 0.746. The molecule has 2 aromatic heterocycles. The number of anilines is 2. The van der Waals surface area contributed by atoms with E-state index >= 15 is 0 Å². The third-order valence-electron chi connectivity index (χ3n) is 6.13. The molecule has 10 nitrogen and oxygen atoms in total. The van der Waals surface area contributed by atoms with E-state index in [1.54, 1.807) is 18.7 Å². The molecule has 1 amide bonds. The lowest BCUT2D eigenvalue weighted by atomic mass is 9.98. The van der Waals surface area contributed by atoms with Gasteiger partial charge in [0.05, 0.1) is 5.92 Å². The number of nitrogens with zero attached hydrogens (tertiary/aromatic N) is 8. The minimum absolute atomic E-state index is 0.0249. The molecule has 2 aliphatic heterocycles. The Morgan fingerprint density at radius 3 is 2.35 bits per heavy atom. The maximum atomic E-state index is 13.0. The van der Waals surface area contributed by atoms with Gasteiger partial charge in [0, 0.05) is 57.6 Å². The van der Waals surface area contributed by atoms with Crippen LogP contribution in [0, 0.1) is 5.92 Å². The number of Topliss-reactive ketones (excluding diaryl/α,β-unsaturated/α-hetero) is 1. The number of rotatable bonds is 4. The van der Waals surface area contributed by atoms with Crippen molar-refractivity contribution < 1.29 is 9.59 Å². The fraction of sp³-hybridized carbons (Fsp3) is 0.429. The molecule has 2 saturated heterocycles. The molecule has 0 atom stereocenters. The lowest BCUT2D eigenvalue weighted by Gasteiger charge is -2.43. The van der Waals surface area contributed by atoms with Crippen molar-refractivity contribution in [3.63, 3.8) is 0 Å². The lowest BCUT2D eigenvalue weighted by molar-refractivity contribution is -0.136. The third kappa shape index (κ3) is 3.47. The van der Waals surface area contributed by atoms with Crippen molar-refractivity contribution in [2.24, 2.45) is 13.0 Å². The number of ketones is 1. The van der Waals surface area contributed by atoms with Crippen LogP contribution in [0.25, 0.3) is 11.2 Å². The number of aromatic nitrogens is 5. The van der Waals surface area contributed by atoms with Crippen LogP contribution in [0.2, 0.25) is 0 Å². The smallest absolute Gasteiger partial charge is 0.229 e. The fourth-order valence-electron chi connectivity index (χ4n) is 4.23. The van der Waals surface area contributed by atoms with Gasteiger partial charge in [0.15, 0.2) is 22.8 Å². The average Bonchev–Trinajstić information content (AvgIpc) is 3.14. The van der Waals surface area contributed by atoms with Gasteiger partial charge in [0.2, 0.25) is 5.91 Å². The Balaban J connectivity index is 1.17. The maximum absolute atomic E-state index is 13.0. The molecule has 3 aromatic rings. The molecule has 2 aliphatic rings. The van der Waals surface area contributed by atoms with Gasteiger partial charge in [0.1, 0.15) is 6.33 Å². The number of aryl methyl sites for hydroxylation is 1. The summed E-state index contributed by atoms with van der Waals surface area (Å²) in [5.41, 5.74) is 3.16. The van der Waals surface area contributed by atoms with Gasteiger partial charge in [-0.05, 0) is 31.2 Å². The molecule has 1 aromatic carbocycles. The largest absolute Gasteiger partial charge is 0.368 e. The number of benzene rings is 1. The number of hydrogen-bond acceptors (Lipinski definition) is 8. The molecule has 5 rings (SSSR count). The van der Waals surface area contributed by atoms with Crippen LogP contribution in [-0.4, -0.2) is 80.8 Å². The summed E-state index contributed by atoms with van der Waals surface area (Å²) in [5, 5.41) is 8.17. The SMILES string of the molecule is CC(=O)c1ccc(N2CCN(C(=O)C3CN(c4ncnc5c4nnn5C)C3)CC2)cc1. The predicted molar refractivity (Wildman–Crippen MR) is 115 cm³/mol. The number of amides is 1. The van der Waals surface area contributed by atoms with Gasteiger partial charge in [-0.2, -0.15) is 0 Å². The highest BCUT2D eigenvalue weighted by Gasteiger charge is 2.38. The number of piperazine rings is 1. The molecule has 0 saturated carbocycles. The summed E-state index contributed by atoms with van der Waals surface area (Å²) in [7, 11) is 1.80. The Morgan fingerprint density at radius 1 is 0.968 bits per heavy atom. The summed E-state index contributed by atoms with van der Waals surface area (Å²) in [5.74, 6) is 0.981. The molecule has 2 fully saturated rings. The van der Waals surface area contributed by atoms with Crippen LogP contribution in [0.4, 0.5) is 11.5 Å². The molecule has 0 spiro atoms. The number of carbonyl (C=O) groups excluding carboxylic acids is 2. The minimum atomic E-state index is -0.0249. The number of hydrogen-bond donors (Lipinski definition) is 0. The Bertz CT molecular complexity index is 1130. The first-order valence-electron chi connectivity index (χ1n) is 10.4. The highest BCUT2D eigenvalue weighted by Crippen LogP contribution is 2.28. The zero-order valence-electron chi connectivity index (χ0n) is 17.6. The van der Waals surface area contributed by atoms with Crippen molar-refractivity contribution in [2.75, 3.05) is 49.1 Å². The van der Waals surface area contributed by atoms with E-state index < -0.39 is 0 Å². The summed E-state index contributed by atoms with van der Waals surface area (Å²) < 4.78 is 1.62. The Labute approximate surface area is 179 Å². The highest BCUT2D eigenvalue weighted by atomic mass is 16.2. The first-order chi connectivity index (χ1) is 15.0. The Morgan fingerprint density at radius 2 is 1.68 bits per heavy atom. The first-order valence-corrected chi connectivity index (χ1v) is 10.4. The van der Waals surface area contributed by atoms with Gasteiger partial charge in [-0.3, -0.25) is 9.59 Å². The van der Waals surface area contributed by atoms with Crippen LogP contribution >= 0.6 is 0 Å². The van der Waals surface area contributed by atoms with E-state index in [0.29, 0.717) is 37.3 Å². The summed E-state index contributed by atoms with van der Waals surface area (Å²) in [6.07, 6.45) is 1.51. The number of carbonyl (C=O) groups is 2.